The van der Waals surface area contributed by atoms with Crippen LogP contribution in [0.1, 0.15) is 114 Å². The highest BCUT2D eigenvalue weighted by atomic mass is 32.2. The molecule has 0 aromatic heterocycles. The summed E-state index contributed by atoms with van der Waals surface area (Å²) in [4.78, 5) is 27.3. The summed E-state index contributed by atoms with van der Waals surface area (Å²) in [5.74, 6) is 0.879. The number of fused-ring (bicyclic) bond motifs is 3. The molecule has 200 valence electrons. The van der Waals surface area contributed by atoms with Gasteiger partial charge in [0.15, 0.2) is 0 Å². The van der Waals surface area contributed by atoms with Crippen molar-refractivity contribution in [1.82, 2.24) is 0 Å². The Morgan fingerprint density at radius 3 is 2.00 bits per heavy atom. The van der Waals surface area contributed by atoms with E-state index in [1.54, 1.807) is 11.8 Å². The van der Waals surface area contributed by atoms with Crippen molar-refractivity contribution < 1.29 is 9.59 Å². The van der Waals surface area contributed by atoms with Gasteiger partial charge in [-0.15, -0.1) is 11.8 Å². The lowest BCUT2D eigenvalue weighted by Gasteiger charge is -2.16. The van der Waals surface area contributed by atoms with E-state index in [4.69, 9.17) is 0 Å². The van der Waals surface area contributed by atoms with E-state index < -0.39 is 0 Å². The molecule has 0 saturated carbocycles. The van der Waals surface area contributed by atoms with Gasteiger partial charge in [0.05, 0.1) is 10.9 Å². The number of imide groups is 1. The van der Waals surface area contributed by atoms with Crippen LogP contribution in [-0.4, -0.2) is 22.8 Å². The number of carbonyl (C=O) groups is 2. The Morgan fingerprint density at radius 1 is 0.730 bits per heavy atom. The molecule has 2 aliphatic rings. The van der Waals surface area contributed by atoms with Crippen LogP contribution in [0.15, 0.2) is 42.5 Å². The second kappa shape index (κ2) is 14.8. The third-order valence-electron chi connectivity index (χ3n) is 7.96. The summed E-state index contributed by atoms with van der Waals surface area (Å²) < 4.78 is 0. The summed E-state index contributed by atoms with van der Waals surface area (Å²) >= 11 is 1.68. The fraction of sp³-hybridized carbons (Fsp3) is 0.576. The molecule has 2 amide bonds. The molecule has 0 N–H and O–H groups in total. The molecule has 1 heterocycles. The van der Waals surface area contributed by atoms with E-state index in [2.05, 4.69) is 37.3 Å². The molecule has 0 bridgehead atoms. The van der Waals surface area contributed by atoms with Gasteiger partial charge in [0, 0.05) is 6.42 Å². The molecule has 1 fully saturated rings. The van der Waals surface area contributed by atoms with Crippen molar-refractivity contribution in [1.29, 1.82) is 0 Å². The second-order valence-corrected chi connectivity index (χ2v) is 12.2. The van der Waals surface area contributed by atoms with Crippen LogP contribution < -0.4 is 4.90 Å². The molecule has 2 aromatic carbocycles. The SMILES string of the molecule is CCCCCCCCCCCCCCCCS[C@H]1CC(=O)N(c2ccc3c(c2)Cc2ccccc2-3)C1=O. The first-order valence-corrected chi connectivity index (χ1v) is 15.9. The van der Waals surface area contributed by atoms with Gasteiger partial charge >= 0.3 is 0 Å². The molecular formula is C33H45NO2S. The molecule has 3 nitrogen and oxygen atoms in total. The van der Waals surface area contributed by atoms with Crippen LogP contribution in [0.4, 0.5) is 5.69 Å². The lowest BCUT2D eigenvalue weighted by atomic mass is 10.0. The van der Waals surface area contributed by atoms with E-state index in [-0.39, 0.29) is 17.1 Å². The van der Waals surface area contributed by atoms with E-state index >= 15 is 0 Å². The number of thioether (sulfide) groups is 1. The molecule has 0 unspecified atom stereocenters. The Kier molecular flexibility index (Phi) is 11.1. The smallest absolute Gasteiger partial charge is 0.247 e. The number of hydrogen-bond acceptors (Lipinski definition) is 3. The zero-order valence-corrected chi connectivity index (χ0v) is 23.6. The fourth-order valence-electron chi connectivity index (χ4n) is 5.80. The summed E-state index contributed by atoms with van der Waals surface area (Å²) in [6.07, 6.45) is 20.2. The molecule has 1 aliphatic carbocycles. The van der Waals surface area contributed by atoms with Crippen LogP contribution in [0.2, 0.25) is 0 Å². The van der Waals surface area contributed by atoms with Crippen molar-refractivity contribution >= 4 is 29.3 Å². The average Bonchev–Trinajstić information content (AvgIpc) is 3.41. The highest BCUT2D eigenvalue weighted by Crippen LogP contribution is 2.39. The van der Waals surface area contributed by atoms with Gasteiger partial charge in [-0.2, -0.15) is 0 Å². The summed E-state index contributed by atoms with van der Waals surface area (Å²) in [6, 6.07) is 14.5. The van der Waals surface area contributed by atoms with Gasteiger partial charge in [-0.1, -0.05) is 121 Å². The van der Waals surface area contributed by atoms with Gasteiger partial charge in [-0.05, 0) is 53.0 Å². The summed E-state index contributed by atoms with van der Waals surface area (Å²) in [7, 11) is 0. The Labute approximate surface area is 228 Å². The van der Waals surface area contributed by atoms with Crippen molar-refractivity contribution in [3.8, 4) is 11.1 Å². The number of amides is 2. The second-order valence-electron chi connectivity index (χ2n) is 10.9. The molecule has 0 spiro atoms. The van der Waals surface area contributed by atoms with E-state index in [0.29, 0.717) is 6.42 Å². The number of rotatable bonds is 17. The molecule has 0 radical (unpaired) electrons. The maximum Gasteiger partial charge on any atom is 0.247 e. The minimum Gasteiger partial charge on any atom is -0.274 e. The number of carbonyl (C=O) groups excluding carboxylic acids is 2. The van der Waals surface area contributed by atoms with Crippen molar-refractivity contribution in [3.05, 3.63) is 53.6 Å². The van der Waals surface area contributed by atoms with Crippen LogP contribution in [0, 0.1) is 0 Å². The molecule has 1 saturated heterocycles. The normalized spacial score (nSPS) is 16.5. The molecule has 2 aromatic rings. The maximum atomic E-state index is 13.1. The van der Waals surface area contributed by atoms with E-state index in [0.717, 1.165) is 24.3 Å². The van der Waals surface area contributed by atoms with Gasteiger partial charge in [0.2, 0.25) is 11.8 Å². The van der Waals surface area contributed by atoms with Crippen molar-refractivity contribution in [2.45, 2.75) is 115 Å². The van der Waals surface area contributed by atoms with Crippen LogP contribution in [0.3, 0.4) is 0 Å². The molecule has 37 heavy (non-hydrogen) atoms. The number of nitrogens with zero attached hydrogens (tertiary/aromatic N) is 1. The lowest BCUT2D eigenvalue weighted by Crippen LogP contribution is -2.31. The largest absolute Gasteiger partial charge is 0.274 e. The Bertz CT molecular complexity index is 1030. The number of unbranched alkanes of at least 4 members (excludes halogenated alkanes) is 13. The Hall–Kier alpha value is -2.07. The summed E-state index contributed by atoms with van der Waals surface area (Å²) in [5.41, 5.74) is 5.75. The quantitative estimate of drug-likeness (QED) is 0.132. The van der Waals surface area contributed by atoms with Crippen LogP contribution in [0.25, 0.3) is 11.1 Å². The summed E-state index contributed by atoms with van der Waals surface area (Å²) in [6.45, 7) is 2.28. The molecule has 1 aliphatic heterocycles. The third kappa shape index (κ3) is 7.72. The lowest BCUT2D eigenvalue weighted by molar-refractivity contribution is -0.121. The number of anilines is 1. The minimum atomic E-state index is -0.222. The van der Waals surface area contributed by atoms with Gasteiger partial charge in [0.25, 0.3) is 0 Å². The third-order valence-corrected chi connectivity index (χ3v) is 9.25. The highest BCUT2D eigenvalue weighted by Gasteiger charge is 2.40. The average molecular weight is 520 g/mol. The standard InChI is InChI=1S/C33H45NO2S/c1-2-3-4-5-6-7-8-9-10-11-12-13-14-17-22-37-31-25-32(35)34(33(31)36)28-20-21-30-27(24-28)23-26-18-15-16-19-29(26)30/h15-16,18-21,24,31H,2-14,17,22-23,25H2,1H3/t31-/m0/s1. The van der Waals surface area contributed by atoms with Gasteiger partial charge in [-0.25, -0.2) is 4.90 Å². The van der Waals surface area contributed by atoms with Gasteiger partial charge in [-0.3, -0.25) is 9.59 Å². The monoisotopic (exact) mass is 519 g/mol. The predicted molar refractivity (Wildman–Crippen MR) is 158 cm³/mol. The Balaban J connectivity index is 1.08. The first kappa shape index (κ1) is 28.0. The van der Waals surface area contributed by atoms with Crippen molar-refractivity contribution in [3.63, 3.8) is 0 Å². The number of hydrogen-bond donors (Lipinski definition) is 0. The van der Waals surface area contributed by atoms with Crippen LogP contribution in [-0.2, 0) is 16.0 Å². The fourth-order valence-corrected chi connectivity index (χ4v) is 6.96. The van der Waals surface area contributed by atoms with Gasteiger partial charge in [0.1, 0.15) is 0 Å². The first-order chi connectivity index (χ1) is 18.2. The topological polar surface area (TPSA) is 37.4 Å². The predicted octanol–water partition coefficient (Wildman–Crippen LogP) is 9.10. The van der Waals surface area contributed by atoms with Gasteiger partial charge < -0.3 is 0 Å². The zero-order valence-electron chi connectivity index (χ0n) is 22.8. The highest BCUT2D eigenvalue weighted by molar-refractivity contribution is 8.00. The van der Waals surface area contributed by atoms with E-state index in [1.165, 1.54) is 111 Å². The van der Waals surface area contributed by atoms with E-state index in [1.807, 2.05) is 12.1 Å². The van der Waals surface area contributed by atoms with Crippen LogP contribution >= 0.6 is 11.8 Å². The maximum absolute atomic E-state index is 13.1. The molecule has 4 heteroatoms. The molecule has 1 atom stereocenters. The van der Waals surface area contributed by atoms with Crippen molar-refractivity contribution in [2.24, 2.45) is 0 Å². The van der Waals surface area contributed by atoms with Crippen LogP contribution in [0.5, 0.6) is 0 Å². The van der Waals surface area contributed by atoms with Crippen molar-refractivity contribution in [2.75, 3.05) is 10.7 Å². The Morgan fingerprint density at radius 2 is 1.32 bits per heavy atom. The molecule has 4 rings (SSSR count). The number of benzene rings is 2. The van der Waals surface area contributed by atoms with E-state index in [9.17, 15) is 9.59 Å². The minimum absolute atomic E-state index is 0.0316. The molecular weight excluding hydrogens is 474 g/mol. The zero-order chi connectivity index (χ0) is 25.9. The first-order valence-electron chi connectivity index (χ1n) is 14.9. The summed E-state index contributed by atoms with van der Waals surface area (Å²) in [5, 5.41) is -0.222.